The maximum Gasteiger partial charge on any atom is 0.217 e. The van der Waals surface area contributed by atoms with Crippen LogP contribution < -0.4 is 0 Å². The first-order chi connectivity index (χ1) is 9.26. The second-order valence-corrected chi connectivity index (χ2v) is 6.48. The monoisotopic (exact) mass is 305 g/mol. The van der Waals surface area contributed by atoms with Crippen molar-refractivity contribution in [3.05, 3.63) is 17.7 Å². The fraction of sp³-hybridized carbons (Fsp3) is 0.750. The first kappa shape index (κ1) is 17.1. The highest BCUT2D eigenvalue weighted by atomic mass is 32.3. The average molecular weight is 305 g/mol. The number of nitrogens with zero attached hydrogens (tertiary/aromatic N) is 2. The second-order valence-electron chi connectivity index (χ2n) is 5.33. The summed E-state index contributed by atoms with van der Waals surface area (Å²) < 4.78 is 32.2. The van der Waals surface area contributed by atoms with Gasteiger partial charge in [0.2, 0.25) is 10.4 Å². The predicted octanol–water partition coefficient (Wildman–Crippen LogP) is 0.942. The molecular weight excluding hydrogens is 282 g/mol. The molecule has 1 aliphatic heterocycles. The van der Waals surface area contributed by atoms with Gasteiger partial charge < -0.3 is 14.0 Å². The summed E-state index contributed by atoms with van der Waals surface area (Å²) in [5.74, 6) is 0. The third kappa shape index (κ3) is 6.00. The number of aryl methyl sites for hydroxylation is 1. The zero-order valence-corrected chi connectivity index (χ0v) is 13.1. The van der Waals surface area contributed by atoms with Crippen molar-refractivity contribution in [3.63, 3.8) is 0 Å². The summed E-state index contributed by atoms with van der Waals surface area (Å²) in [6.45, 7) is 5.83. The van der Waals surface area contributed by atoms with Gasteiger partial charge in [-0.1, -0.05) is 0 Å². The van der Waals surface area contributed by atoms with E-state index in [1.54, 1.807) is 6.33 Å². The maximum absolute atomic E-state index is 9.22. The van der Waals surface area contributed by atoms with Crippen molar-refractivity contribution < 1.29 is 21.6 Å². The van der Waals surface area contributed by atoms with Crippen molar-refractivity contribution in [2.75, 3.05) is 27.2 Å². The fourth-order valence-corrected chi connectivity index (χ4v) is 2.34. The van der Waals surface area contributed by atoms with Crippen molar-refractivity contribution in [1.29, 1.82) is 0 Å². The average Bonchev–Trinajstić information content (AvgIpc) is 2.75. The summed E-state index contributed by atoms with van der Waals surface area (Å²) >= 11 is 0. The van der Waals surface area contributed by atoms with Gasteiger partial charge in [-0.15, -0.1) is 0 Å². The van der Waals surface area contributed by atoms with Crippen LogP contribution in [0.15, 0.2) is 6.33 Å². The Hall–Kier alpha value is -0.960. The van der Waals surface area contributed by atoms with Crippen LogP contribution in [-0.2, 0) is 21.1 Å². The largest absolute Gasteiger partial charge is 0.726 e. The third-order valence-electron chi connectivity index (χ3n) is 3.57. The van der Waals surface area contributed by atoms with E-state index >= 15 is 0 Å². The number of nitrogens with one attached hydrogen (secondary N) is 1. The Morgan fingerprint density at radius 1 is 1.40 bits per heavy atom. The van der Waals surface area contributed by atoms with Crippen LogP contribution in [0.3, 0.4) is 0 Å². The topological polar surface area (TPSA) is 95.1 Å². The lowest BCUT2D eigenvalue weighted by Crippen LogP contribution is -2.47. The van der Waals surface area contributed by atoms with Crippen LogP contribution in [0.25, 0.3) is 0 Å². The van der Waals surface area contributed by atoms with Crippen molar-refractivity contribution in [2.45, 2.75) is 32.7 Å². The molecule has 0 spiro atoms. The van der Waals surface area contributed by atoms with Gasteiger partial charge in [-0.05, 0) is 26.2 Å². The van der Waals surface area contributed by atoms with Crippen molar-refractivity contribution in [2.24, 2.45) is 0 Å². The molecule has 0 saturated carbocycles. The van der Waals surface area contributed by atoms with E-state index in [4.69, 9.17) is 0 Å². The third-order valence-corrected chi connectivity index (χ3v) is 3.97. The Labute approximate surface area is 120 Å². The van der Waals surface area contributed by atoms with E-state index in [9.17, 15) is 13.0 Å². The standard InChI is InChI=1S/C11H20N3.CH4O4S/c1-10-11(13-9-12-10)8-14(2)6-4-3-5-7-14;1-5-6(2,3)4/h9H,3-8H2,1-2H3,(H,12,13);1H3,(H,2,3,4)/q+1;/p-1. The van der Waals surface area contributed by atoms with Crippen LogP contribution in [0.1, 0.15) is 30.7 Å². The molecule has 1 saturated heterocycles. The number of hydrogen-bond donors (Lipinski definition) is 1. The molecule has 2 heterocycles. The number of hydrogen-bond acceptors (Lipinski definition) is 5. The van der Waals surface area contributed by atoms with Crippen molar-refractivity contribution >= 4 is 10.4 Å². The lowest BCUT2D eigenvalue weighted by Gasteiger charge is -2.37. The van der Waals surface area contributed by atoms with Gasteiger partial charge in [-0.25, -0.2) is 13.4 Å². The SMILES string of the molecule is COS(=O)(=O)[O-].Cc1[nH]cnc1C[N+]1(C)CCCCC1. The van der Waals surface area contributed by atoms with E-state index in [2.05, 4.69) is 28.1 Å². The number of imidazole rings is 1. The molecule has 1 N–H and O–H groups in total. The van der Waals surface area contributed by atoms with Crippen LogP contribution in [0.5, 0.6) is 0 Å². The molecule has 1 fully saturated rings. The number of aromatic amines is 1. The van der Waals surface area contributed by atoms with Crippen LogP contribution in [0, 0.1) is 6.92 Å². The Kier molecular flexibility index (Phi) is 6.12. The first-order valence-corrected chi connectivity index (χ1v) is 7.93. The van der Waals surface area contributed by atoms with Crippen LogP contribution in [-0.4, -0.2) is 54.7 Å². The van der Waals surface area contributed by atoms with E-state index < -0.39 is 10.4 Å². The van der Waals surface area contributed by atoms with Gasteiger partial charge in [-0.2, -0.15) is 0 Å². The zero-order chi connectivity index (χ0) is 15.2. The molecule has 0 radical (unpaired) electrons. The molecule has 0 aromatic carbocycles. The molecule has 7 nitrogen and oxygen atoms in total. The van der Waals surface area contributed by atoms with Crippen molar-refractivity contribution in [3.8, 4) is 0 Å². The summed E-state index contributed by atoms with van der Waals surface area (Å²) in [5.41, 5.74) is 2.48. The van der Waals surface area contributed by atoms with Gasteiger partial charge in [0, 0.05) is 5.69 Å². The number of likely N-dealkylation sites (tertiary alicyclic amines) is 1. The molecule has 8 heteroatoms. The Balaban J connectivity index is 0.000000286. The van der Waals surface area contributed by atoms with E-state index in [1.807, 2.05) is 0 Å². The minimum Gasteiger partial charge on any atom is -0.726 e. The van der Waals surface area contributed by atoms with Gasteiger partial charge in [0.25, 0.3) is 0 Å². The van der Waals surface area contributed by atoms with Gasteiger partial charge in [-0.3, -0.25) is 4.18 Å². The Bertz CT molecular complexity index is 507. The smallest absolute Gasteiger partial charge is 0.217 e. The number of rotatable bonds is 3. The lowest BCUT2D eigenvalue weighted by molar-refractivity contribution is -0.927. The normalized spacial score (nSPS) is 18.2. The first-order valence-electron chi connectivity index (χ1n) is 6.59. The lowest BCUT2D eigenvalue weighted by atomic mass is 10.1. The van der Waals surface area contributed by atoms with Gasteiger partial charge in [0.05, 0.1) is 33.6 Å². The van der Waals surface area contributed by atoms with Gasteiger partial charge in [0.15, 0.2) is 0 Å². The minimum atomic E-state index is -4.41. The molecule has 0 unspecified atom stereocenters. The summed E-state index contributed by atoms with van der Waals surface area (Å²) in [7, 11) is -1.25. The maximum atomic E-state index is 9.22. The molecule has 0 amide bonds. The molecule has 1 aromatic heterocycles. The highest BCUT2D eigenvalue weighted by Crippen LogP contribution is 2.20. The molecule has 1 aromatic rings. The van der Waals surface area contributed by atoms with Gasteiger partial charge in [0.1, 0.15) is 12.2 Å². The van der Waals surface area contributed by atoms with Crippen LogP contribution in [0.4, 0.5) is 0 Å². The number of quaternary nitrogens is 1. The van der Waals surface area contributed by atoms with E-state index in [0.717, 1.165) is 13.7 Å². The summed E-state index contributed by atoms with van der Waals surface area (Å²) in [4.78, 5) is 7.54. The molecule has 116 valence electrons. The highest BCUT2D eigenvalue weighted by Gasteiger charge is 2.26. The predicted molar refractivity (Wildman–Crippen MR) is 73.5 cm³/mol. The summed E-state index contributed by atoms with van der Waals surface area (Å²) in [6.07, 6.45) is 5.97. The molecular formula is C12H23N3O4S. The highest BCUT2D eigenvalue weighted by molar-refractivity contribution is 7.80. The fourth-order valence-electron chi connectivity index (χ4n) is 2.34. The van der Waals surface area contributed by atoms with E-state index in [-0.39, 0.29) is 0 Å². The number of piperidine rings is 1. The molecule has 20 heavy (non-hydrogen) atoms. The number of H-pyrrole nitrogens is 1. The van der Waals surface area contributed by atoms with E-state index in [0.29, 0.717) is 0 Å². The van der Waals surface area contributed by atoms with Crippen LogP contribution in [0.2, 0.25) is 0 Å². The molecule has 2 rings (SSSR count). The molecule has 0 atom stereocenters. The number of aromatic nitrogens is 2. The molecule has 1 aliphatic rings. The summed E-state index contributed by atoms with van der Waals surface area (Å²) in [6, 6.07) is 0. The van der Waals surface area contributed by atoms with E-state index in [1.165, 1.54) is 48.2 Å². The van der Waals surface area contributed by atoms with Gasteiger partial charge >= 0.3 is 0 Å². The Morgan fingerprint density at radius 3 is 2.35 bits per heavy atom. The molecule has 0 aliphatic carbocycles. The minimum absolute atomic E-state index is 0.808. The van der Waals surface area contributed by atoms with Crippen molar-refractivity contribution in [1.82, 2.24) is 9.97 Å². The molecule has 0 bridgehead atoms. The second kappa shape index (κ2) is 7.16. The summed E-state index contributed by atoms with van der Waals surface area (Å²) in [5, 5.41) is 0. The quantitative estimate of drug-likeness (QED) is 0.509. The Morgan fingerprint density at radius 2 is 1.95 bits per heavy atom. The zero-order valence-electron chi connectivity index (χ0n) is 12.3. The van der Waals surface area contributed by atoms with Crippen LogP contribution >= 0.6 is 0 Å².